The lowest BCUT2D eigenvalue weighted by atomic mass is 9.97. The van der Waals surface area contributed by atoms with Crippen LogP contribution in [-0.2, 0) is 9.53 Å². The second kappa shape index (κ2) is 8.74. The van der Waals surface area contributed by atoms with Crippen LogP contribution in [0, 0.1) is 0 Å². The number of pyridine rings is 1. The first kappa shape index (κ1) is 20.8. The molecule has 0 N–H and O–H groups in total. The van der Waals surface area contributed by atoms with Gasteiger partial charge in [-0.3, -0.25) is 4.79 Å². The van der Waals surface area contributed by atoms with E-state index >= 15 is 0 Å². The highest BCUT2D eigenvalue weighted by molar-refractivity contribution is 7.19. The molecule has 2 aromatic heterocycles. The molecule has 156 valence electrons. The number of likely N-dealkylation sites (tertiary alicyclic amines) is 1. The van der Waals surface area contributed by atoms with E-state index in [0.29, 0.717) is 26.5 Å². The molecule has 30 heavy (non-hydrogen) atoms. The maximum absolute atomic E-state index is 13.0. The van der Waals surface area contributed by atoms with Crippen molar-refractivity contribution in [3.8, 4) is 10.6 Å². The van der Waals surface area contributed by atoms with Gasteiger partial charge in [0, 0.05) is 17.5 Å². The highest BCUT2D eigenvalue weighted by Gasteiger charge is 2.29. The second-order valence-corrected chi connectivity index (χ2v) is 9.40. The van der Waals surface area contributed by atoms with Crippen LogP contribution < -0.4 is 0 Å². The van der Waals surface area contributed by atoms with E-state index in [0.717, 1.165) is 24.1 Å². The van der Waals surface area contributed by atoms with Crippen molar-refractivity contribution in [2.45, 2.75) is 45.2 Å². The van der Waals surface area contributed by atoms with E-state index in [-0.39, 0.29) is 24.6 Å². The molecule has 4 rings (SSSR count). The molecule has 2 atom stereocenters. The molecule has 5 nitrogen and oxygen atoms in total. The molecule has 1 aliphatic rings. The van der Waals surface area contributed by atoms with Crippen LogP contribution >= 0.6 is 22.9 Å². The van der Waals surface area contributed by atoms with E-state index in [4.69, 9.17) is 16.3 Å². The van der Waals surface area contributed by atoms with Gasteiger partial charge in [0.15, 0.2) is 6.61 Å². The lowest BCUT2D eigenvalue weighted by Gasteiger charge is -2.38. The fourth-order valence-electron chi connectivity index (χ4n) is 4.11. The zero-order chi connectivity index (χ0) is 21.3. The minimum absolute atomic E-state index is 0.147. The van der Waals surface area contributed by atoms with Crippen LogP contribution in [0.4, 0.5) is 0 Å². The summed E-state index contributed by atoms with van der Waals surface area (Å²) in [5.74, 6) is -0.671. The highest BCUT2D eigenvalue weighted by atomic mass is 35.5. The summed E-state index contributed by atoms with van der Waals surface area (Å²) in [7, 11) is 0. The quantitative estimate of drug-likeness (QED) is 0.496. The number of piperidine rings is 1. The summed E-state index contributed by atoms with van der Waals surface area (Å²) < 4.78 is 6.12. The van der Waals surface area contributed by atoms with Crippen molar-refractivity contribution >= 4 is 45.7 Å². The van der Waals surface area contributed by atoms with Crippen molar-refractivity contribution in [3.05, 3.63) is 52.4 Å². The van der Waals surface area contributed by atoms with Crippen LogP contribution in [-0.4, -0.2) is 40.5 Å². The molecule has 0 aliphatic carbocycles. The third kappa shape index (κ3) is 4.20. The number of benzene rings is 1. The zero-order valence-corrected chi connectivity index (χ0v) is 18.5. The van der Waals surface area contributed by atoms with Crippen molar-refractivity contribution < 1.29 is 14.3 Å². The Morgan fingerprint density at radius 3 is 2.60 bits per heavy atom. The molecule has 3 aromatic rings. The van der Waals surface area contributed by atoms with Gasteiger partial charge in [0.05, 0.1) is 26.0 Å². The van der Waals surface area contributed by atoms with Crippen molar-refractivity contribution in [1.82, 2.24) is 9.88 Å². The van der Waals surface area contributed by atoms with Gasteiger partial charge in [-0.25, -0.2) is 9.78 Å². The van der Waals surface area contributed by atoms with Gasteiger partial charge in [-0.15, -0.1) is 11.3 Å². The number of aromatic nitrogens is 1. The maximum Gasteiger partial charge on any atom is 0.339 e. The number of carbonyl (C=O) groups is 2. The minimum Gasteiger partial charge on any atom is -0.452 e. The van der Waals surface area contributed by atoms with Crippen molar-refractivity contribution in [1.29, 1.82) is 0 Å². The van der Waals surface area contributed by atoms with Crippen LogP contribution in [0.5, 0.6) is 0 Å². The first-order chi connectivity index (χ1) is 14.4. The topological polar surface area (TPSA) is 59.5 Å². The Hall–Kier alpha value is -2.44. The van der Waals surface area contributed by atoms with Gasteiger partial charge < -0.3 is 9.64 Å². The summed E-state index contributed by atoms with van der Waals surface area (Å²) in [6, 6.07) is 13.1. The number of para-hydroxylation sites is 1. The van der Waals surface area contributed by atoms with Crippen LogP contribution in [0.3, 0.4) is 0 Å². The average molecular weight is 443 g/mol. The molecule has 0 spiro atoms. The smallest absolute Gasteiger partial charge is 0.339 e. The number of nitrogens with zero attached hydrogens (tertiary/aromatic N) is 2. The molecule has 0 radical (unpaired) electrons. The van der Waals surface area contributed by atoms with Gasteiger partial charge in [-0.05, 0) is 57.4 Å². The molecule has 3 heterocycles. The summed E-state index contributed by atoms with van der Waals surface area (Å²) in [6.45, 7) is 3.83. The minimum atomic E-state index is -0.525. The van der Waals surface area contributed by atoms with E-state index in [1.54, 1.807) is 12.1 Å². The highest BCUT2D eigenvalue weighted by Crippen LogP contribution is 2.32. The molecular formula is C23H23ClN2O3S. The van der Waals surface area contributed by atoms with Gasteiger partial charge in [-0.2, -0.15) is 0 Å². The fourth-order valence-corrected chi connectivity index (χ4v) is 5.12. The zero-order valence-electron chi connectivity index (χ0n) is 16.9. The largest absolute Gasteiger partial charge is 0.452 e. The number of rotatable bonds is 4. The Bertz CT molecular complexity index is 1090. The van der Waals surface area contributed by atoms with Gasteiger partial charge >= 0.3 is 5.97 Å². The number of amides is 1. The number of ether oxygens (including phenoxy) is 1. The van der Waals surface area contributed by atoms with Crippen LogP contribution in [0.15, 0.2) is 42.5 Å². The second-order valence-electron chi connectivity index (χ2n) is 7.68. The molecule has 1 saturated heterocycles. The van der Waals surface area contributed by atoms with E-state index < -0.39 is 5.97 Å². The Kier molecular flexibility index (Phi) is 6.06. The third-order valence-corrected chi connectivity index (χ3v) is 6.82. The lowest BCUT2D eigenvalue weighted by Crippen LogP contribution is -2.49. The predicted octanol–water partition coefficient (Wildman–Crippen LogP) is 5.56. The number of halogens is 1. The monoisotopic (exact) mass is 442 g/mol. The molecule has 0 bridgehead atoms. The molecule has 7 heteroatoms. The van der Waals surface area contributed by atoms with Crippen molar-refractivity contribution in [3.63, 3.8) is 0 Å². The molecule has 1 aromatic carbocycles. The summed E-state index contributed by atoms with van der Waals surface area (Å²) >= 11 is 7.47. The first-order valence-corrected chi connectivity index (χ1v) is 11.3. The van der Waals surface area contributed by atoms with Crippen LogP contribution in [0.2, 0.25) is 4.34 Å². The SMILES string of the molecule is C[C@@H]1CCC[C@H](C)N1C(=O)COC(=O)c1cc(-c2ccc(Cl)s2)nc2ccccc12. The average Bonchev–Trinajstić information content (AvgIpc) is 3.17. The summed E-state index contributed by atoms with van der Waals surface area (Å²) in [5, 5.41) is 0.695. The van der Waals surface area contributed by atoms with E-state index in [1.807, 2.05) is 49.1 Å². The molecule has 1 fully saturated rings. The summed E-state index contributed by atoms with van der Waals surface area (Å²) in [6.07, 6.45) is 3.07. The Balaban J connectivity index is 1.59. The third-order valence-electron chi connectivity index (χ3n) is 5.57. The number of esters is 1. The Morgan fingerprint density at radius 1 is 1.17 bits per heavy atom. The number of hydrogen-bond donors (Lipinski definition) is 0. The van der Waals surface area contributed by atoms with Crippen molar-refractivity contribution in [2.75, 3.05) is 6.61 Å². The number of hydrogen-bond acceptors (Lipinski definition) is 5. The fraction of sp³-hybridized carbons (Fsp3) is 0.348. The van der Waals surface area contributed by atoms with Crippen LogP contribution in [0.1, 0.15) is 43.5 Å². The first-order valence-electron chi connectivity index (χ1n) is 10.1. The van der Waals surface area contributed by atoms with E-state index in [1.165, 1.54) is 11.3 Å². The molecule has 0 unspecified atom stereocenters. The Labute approximate surface area is 184 Å². The number of carbonyl (C=O) groups excluding carboxylic acids is 2. The summed E-state index contributed by atoms with van der Waals surface area (Å²) in [5.41, 5.74) is 1.74. The maximum atomic E-state index is 13.0. The normalized spacial score (nSPS) is 19.1. The van der Waals surface area contributed by atoms with Gasteiger partial charge in [0.2, 0.25) is 0 Å². The molecule has 1 amide bonds. The van der Waals surface area contributed by atoms with Crippen molar-refractivity contribution in [2.24, 2.45) is 0 Å². The molecular weight excluding hydrogens is 420 g/mol. The molecule has 1 aliphatic heterocycles. The summed E-state index contributed by atoms with van der Waals surface area (Å²) in [4.78, 5) is 33.1. The van der Waals surface area contributed by atoms with Gasteiger partial charge in [0.25, 0.3) is 5.91 Å². The standard InChI is InChI=1S/C23H23ClN2O3S/c1-14-6-5-7-15(2)26(14)22(27)13-29-23(28)17-12-19(20-10-11-21(24)30-20)25-18-9-4-3-8-16(17)18/h3-4,8-12,14-15H,5-7,13H2,1-2H3/t14-,15+. The number of fused-ring (bicyclic) bond motifs is 1. The van der Waals surface area contributed by atoms with Gasteiger partial charge in [-0.1, -0.05) is 29.8 Å². The number of thiophene rings is 1. The Morgan fingerprint density at radius 2 is 1.90 bits per heavy atom. The predicted molar refractivity (Wildman–Crippen MR) is 120 cm³/mol. The molecule has 0 saturated carbocycles. The van der Waals surface area contributed by atoms with Gasteiger partial charge in [0.1, 0.15) is 0 Å². The lowest BCUT2D eigenvalue weighted by molar-refractivity contribution is -0.140. The van der Waals surface area contributed by atoms with Crippen LogP contribution in [0.25, 0.3) is 21.5 Å². The van der Waals surface area contributed by atoms with E-state index in [2.05, 4.69) is 4.98 Å². The van der Waals surface area contributed by atoms with E-state index in [9.17, 15) is 9.59 Å².